The van der Waals surface area contributed by atoms with Crippen LogP contribution in [0.4, 0.5) is 4.39 Å². The lowest BCUT2D eigenvalue weighted by atomic mass is 10.1. The predicted octanol–water partition coefficient (Wildman–Crippen LogP) is 3.68. The third-order valence-electron chi connectivity index (χ3n) is 3.71. The molecule has 0 bridgehead atoms. The zero-order valence-corrected chi connectivity index (χ0v) is 12.2. The highest BCUT2D eigenvalue weighted by atomic mass is 19.1. The van der Waals surface area contributed by atoms with Crippen LogP contribution in [0, 0.1) is 5.82 Å². The van der Waals surface area contributed by atoms with E-state index in [0.29, 0.717) is 6.54 Å². The Morgan fingerprint density at radius 1 is 0.913 bits per heavy atom. The lowest BCUT2D eigenvalue weighted by Crippen LogP contribution is -2.03. The molecule has 0 amide bonds. The number of aromatic nitrogens is 4. The summed E-state index contributed by atoms with van der Waals surface area (Å²) in [7, 11) is 0. The van der Waals surface area contributed by atoms with Crippen molar-refractivity contribution in [1.29, 1.82) is 0 Å². The summed E-state index contributed by atoms with van der Waals surface area (Å²) in [6.07, 6.45) is 5.29. The van der Waals surface area contributed by atoms with E-state index >= 15 is 0 Å². The van der Waals surface area contributed by atoms with Crippen molar-refractivity contribution in [2.75, 3.05) is 0 Å². The zero-order valence-electron chi connectivity index (χ0n) is 12.2. The first-order valence-electron chi connectivity index (χ1n) is 7.27. The smallest absolute Gasteiger partial charge is 0.123 e. The number of pyridine rings is 2. The van der Waals surface area contributed by atoms with Crippen molar-refractivity contribution in [3.05, 3.63) is 78.6 Å². The Morgan fingerprint density at radius 3 is 2.57 bits per heavy atom. The van der Waals surface area contributed by atoms with Gasteiger partial charge in [0.1, 0.15) is 11.3 Å². The number of halogens is 1. The SMILES string of the molecule is Fc1ccc(-c2cnc3cnn(Cc4ccccn4)c3c2)cc1. The van der Waals surface area contributed by atoms with Crippen LogP contribution in [0.15, 0.2) is 67.1 Å². The normalized spacial score (nSPS) is 11.0. The van der Waals surface area contributed by atoms with Crippen molar-refractivity contribution < 1.29 is 4.39 Å². The monoisotopic (exact) mass is 304 g/mol. The molecule has 0 aliphatic heterocycles. The molecule has 112 valence electrons. The Morgan fingerprint density at radius 2 is 1.78 bits per heavy atom. The molecule has 0 aliphatic rings. The van der Waals surface area contributed by atoms with Gasteiger partial charge in [0.15, 0.2) is 0 Å². The zero-order chi connectivity index (χ0) is 15.6. The molecule has 0 unspecified atom stereocenters. The van der Waals surface area contributed by atoms with Gasteiger partial charge >= 0.3 is 0 Å². The van der Waals surface area contributed by atoms with Gasteiger partial charge in [0, 0.05) is 18.0 Å². The van der Waals surface area contributed by atoms with Gasteiger partial charge in [-0.15, -0.1) is 0 Å². The molecule has 0 spiro atoms. The van der Waals surface area contributed by atoms with Gasteiger partial charge in [-0.2, -0.15) is 5.10 Å². The van der Waals surface area contributed by atoms with E-state index in [0.717, 1.165) is 27.9 Å². The molecule has 4 rings (SSSR count). The number of fused-ring (bicyclic) bond motifs is 1. The minimum Gasteiger partial charge on any atom is -0.259 e. The molecule has 0 N–H and O–H groups in total. The Bertz CT molecular complexity index is 946. The topological polar surface area (TPSA) is 43.6 Å². The van der Waals surface area contributed by atoms with Gasteiger partial charge in [-0.05, 0) is 35.9 Å². The van der Waals surface area contributed by atoms with Crippen LogP contribution >= 0.6 is 0 Å². The summed E-state index contributed by atoms with van der Waals surface area (Å²) in [6, 6.07) is 14.2. The molecule has 1 aromatic carbocycles. The van der Waals surface area contributed by atoms with Gasteiger partial charge in [0.25, 0.3) is 0 Å². The highest BCUT2D eigenvalue weighted by Crippen LogP contribution is 2.23. The lowest BCUT2D eigenvalue weighted by molar-refractivity contribution is 0.628. The second-order valence-corrected chi connectivity index (χ2v) is 5.26. The van der Waals surface area contributed by atoms with Crippen LogP contribution in [0.1, 0.15) is 5.69 Å². The van der Waals surface area contributed by atoms with Crippen molar-refractivity contribution in [3.8, 4) is 11.1 Å². The molecule has 0 saturated carbocycles. The first kappa shape index (κ1) is 13.6. The molecule has 4 aromatic rings. The van der Waals surface area contributed by atoms with Crippen molar-refractivity contribution in [2.45, 2.75) is 6.54 Å². The van der Waals surface area contributed by atoms with E-state index in [1.807, 2.05) is 28.9 Å². The Balaban J connectivity index is 1.75. The fourth-order valence-corrected chi connectivity index (χ4v) is 2.53. The van der Waals surface area contributed by atoms with Gasteiger partial charge in [-0.1, -0.05) is 18.2 Å². The third kappa shape index (κ3) is 2.68. The largest absolute Gasteiger partial charge is 0.259 e. The fourth-order valence-electron chi connectivity index (χ4n) is 2.53. The molecule has 0 fully saturated rings. The third-order valence-corrected chi connectivity index (χ3v) is 3.71. The van der Waals surface area contributed by atoms with Crippen LogP contribution in [0.25, 0.3) is 22.2 Å². The van der Waals surface area contributed by atoms with Crippen molar-refractivity contribution >= 4 is 11.0 Å². The summed E-state index contributed by atoms with van der Waals surface area (Å²) in [5.74, 6) is -0.247. The summed E-state index contributed by atoms with van der Waals surface area (Å²) in [4.78, 5) is 8.77. The van der Waals surface area contributed by atoms with E-state index in [9.17, 15) is 4.39 Å². The van der Waals surface area contributed by atoms with E-state index in [1.54, 1.807) is 30.7 Å². The van der Waals surface area contributed by atoms with Crippen LogP contribution in [0.5, 0.6) is 0 Å². The fraction of sp³-hybridized carbons (Fsp3) is 0.0556. The van der Waals surface area contributed by atoms with Gasteiger partial charge in [-0.3, -0.25) is 14.6 Å². The van der Waals surface area contributed by atoms with Crippen LogP contribution in [0.3, 0.4) is 0 Å². The Labute approximate surface area is 132 Å². The maximum atomic E-state index is 13.1. The van der Waals surface area contributed by atoms with Crippen LogP contribution < -0.4 is 0 Å². The molecule has 4 nitrogen and oxygen atoms in total. The maximum Gasteiger partial charge on any atom is 0.123 e. The van der Waals surface area contributed by atoms with E-state index in [1.165, 1.54) is 12.1 Å². The van der Waals surface area contributed by atoms with E-state index < -0.39 is 0 Å². The van der Waals surface area contributed by atoms with Gasteiger partial charge < -0.3 is 0 Å². The van der Waals surface area contributed by atoms with Crippen molar-refractivity contribution in [1.82, 2.24) is 19.7 Å². The van der Waals surface area contributed by atoms with E-state index in [-0.39, 0.29) is 5.82 Å². The van der Waals surface area contributed by atoms with Gasteiger partial charge in [0.2, 0.25) is 0 Å². The molecule has 0 radical (unpaired) electrons. The van der Waals surface area contributed by atoms with Crippen LogP contribution in [-0.2, 0) is 6.54 Å². The number of hydrogen-bond acceptors (Lipinski definition) is 3. The summed E-state index contributed by atoms with van der Waals surface area (Å²) < 4.78 is 14.9. The van der Waals surface area contributed by atoms with E-state index in [2.05, 4.69) is 15.1 Å². The first-order valence-corrected chi connectivity index (χ1v) is 7.27. The summed E-state index contributed by atoms with van der Waals surface area (Å²) in [5.41, 5.74) is 4.54. The van der Waals surface area contributed by atoms with Crippen LogP contribution in [-0.4, -0.2) is 19.7 Å². The molecular formula is C18H13FN4. The Hall–Kier alpha value is -3.08. The quantitative estimate of drug-likeness (QED) is 0.580. The van der Waals surface area contributed by atoms with Gasteiger partial charge in [0.05, 0.1) is 24.0 Å². The molecule has 5 heteroatoms. The lowest BCUT2D eigenvalue weighted by Gasteiger charge is -2.05. The predicted molar refractivity (Wildman–Crippen MR) is 86.3 cm³/mol. The molecule has 3 heterocycles. The molecule has 3 aromatic heterocycles. The average Bonchev–Trinajstić information content (AvgIpc) is 2.99. The standard InChI is InChI=1S/C18H13FN4/c19-15-6-4-13(5-7-15)14-9-18-17(21-10-14)11-22-23(18)12-16-3-1-2-8-20-16/h1-11H,12H2. The molecule has 0 saturated heterocycles. The number of hydrogen-bond donors (Lipinski definition) is 0. The number of nitrogens with zero attached hydrogens (tertiary/aromatic N) is 4. The van der Waals surface area contributed by atoms with Crippen LogP contribution in [0.2, 0.25) is 0 Å². The van der Waals surface area contributed by atoms with Crippen molar-refractivity contribution in [3.63, 3.8) is 0 Å². The highest BCUT2D eigenvalue weighted by molar-refractivity contribution is 5.80. The minimum absolute atomic E-state index is 0.247. The first-order chi connectivity index (χ1) is 11.3. The molecular weight excluding hydrogens is 291 g/mol. The summed E-state index contributed by atoms with van der Waals surface area (Å²) in [6.45, 7) is 0.582. The number of benzene rings is 1. The summed E-state index contributed by atoms with van der Waals surface area (Å²) in [5, 5.41) is 4.39. The Kier molecular flexibility index (Phi) is 3.31. The molecule has 0 atom stereocenters. The average molecular weight is 304 g/mol. The molecule has 0 aliphatic carbocycles. The minimum atomic E-state index is -0.247. The van der Waals surface area contributed by atoms with E-state index in [4.69, 9.17) is 0 Å². The van der Waals surface area contributed by atoms with Gasteiger partial charge in [-0.25, -0.2) is 4.39 Å². The number of rotatable bonds is 3. The highest BCUT2D eigenvalue weighted by Gasteiger charge is 2.08. The second kappa shape index (κ2) is 5.61. The summed E-state index contributed by atoms with van der Waals surface area (Å²) >= 11 is 0. The maximum absolute atomic E-state index is 13.1. The second-order valence-electron chi connectivity index (χ2n) is 5.26. The molecule has 23 heavy (non-hydrogen) atoms. The van der Waals surface area contributed by atoms with Crippen molar-refractivity contribution in [2.24, 2.45) is 0 Å².